The minimum atomic E-state index is 0.432. The second kappa shape index (κ2) is 3.75. The molecule has 0 aliphatic rings. The molecule has 0 radical (unpaired) electrons. The summed E-state index contributed by atoms with van der Waals surface area (Å²) in [6.45, 7) is 8.52. The van der Waals surface area contributed by atoms with Crippen molar-refractivity contribution in [3.63, 3.8) is 0 Å². The maximum Gasteiger partial charge on any atom is 0.0783 e. The second-order valence-electron chi connectivity index (χ2n) is 3.56. The quantitative estimate of drug-likeness (QED) is 0.707. The molecule has 1 aromatic rings. The first-order valence-corrected chi connectivity index (χ1v) is 5.34. The van der Waals surface area contributed by atoms with Gasteiger partial charge in [0, 0.05) is 4.88 Å². The molecule has 0 fully saturated rings. The minimum absolute atomic E-state index is 0.432. The average molecular weight is 204 g/mol. The number of aromatic nitrogens is 1. The van der Waals surface area contributed by atoms with Crippen LogP contribution in [0.5, 0.6) is 0 Å². The molecule has 0 saturated heterocycles. The summed E-state index contributed by atoms with van der Waals surface area (Å²) in [6.07, 6.45) is 0. The third-order valence-electron chi connectivity index (χ3n) is 1.75. The number of rotatable bonds is 2. The van der Waals surface area contributed by atoms with Gasteiger partial charge in [0.2, 0.25) is 0 Å². The third-order valence-corrected chi connectivity index (χ3v) is 3.42. The summed E-state index contributed by atoms with van der Waals surface area (Å²) in [5, 5.41) is 0.880. The number of hydrogen-bond donors (Lipinski definition) is 0. The van der Waals surface area contributed by atoms with E-state index in [0.717, 1.165) is 10.7 Å². The Morgan fingerprint density at radius 2 is 1.75 bits per heavy atom. The van der Waals surface area contributed by atoms with Crippen molar-refractivity contribution in [3.8, 4) is 0 Å². The lowest BCUT2D eigenvalue weighted by Crippen LogP contribution is -1.88. The first-order valence-electron chi connectivity index (χ1n) is 4.19. The normalized spacial score (nSPS) is 11.6. The van der Waals surface area contributed by atoms with Gasteiger partial charge in [-0.3, -0.25) is 0 Å². The number of hydrogen-bond acceptors (Lipinski definition) is 2. The first-order chi connectivity index (χ1) is 5.54. The zero-order valence-electron chi connectivity index (χ0n) is 7.89. The average Bonchev–Trinajstić information content (AvgIpc) is 2.30. The van der Waals surface area contributed by atoms with Gasteiger partial charge in [-0.15, -0.1) is 0 Å². The highest BCUT2D eigenvalue weighted by Crippen LogP contribution is 2.34. The minimum Gasteiger partial charge on any atom is -0.196 e. The molecule has 1 rings (SSSR count). The molecule has 0 aliphatic carbocycles. The van der Waals surface area contributed by atoms with Crippen LogP contribution in [0.25, 0.3) is 0 Å². The van der Waals surface area contributed by atoms with E-state index in [2.05, 4.69) is 32.1 Å². The van der Waals surface area contributed by atoms with Gasteiger partial charge in [-0.25, -0.2) is 0 Å². The van der Waals surface area contributed by atoms with Crippen LogP contribution < -0.4 is 0 Å². The Morgan fingerprint density at radius 1 is 1.17 bits per heavy atom. The van der Waals surface area contributed by atoms with Gasteiger partial charge in [-0.05, 0) is 23.4 Å². The van der Waals surface area contributed by atoms with Crippen LogP contribution in [0.4, 0.5) is 0 Å². The van der Waals surface area contributed by atoms with Crippen LogP contribution in [0.15, 0.2) is 0 Å². The van der Waals surface area contributed by atoms with Gasteiger partial charge in [0.25, 0.3) is 0 Å². The zero-order valence-corrected chi connectivity index (χ0v) is 9.46. The molecular weight excluding hydrogens is 190 g/mol. The predicted octanol–water partition coefficient (Wildman–Crippen LogP) is 4.04. The molecule has 3 heteroatoms. The van der Waals surface area contributed by atoms with Gasteiger partial charge in [-0.2, -0.15) is 4.37 Å². The summed E-state index contributed by atoms with van der Waals surface area (Å²) < 4.78 is 4.35. The Balaban J connectivity index is 3.04. The molecule has 0 atom stereocenters. The fourth-order valence-corrected chi connectivity index (χ4v) is 2.55. The van der Waals surface area contributed by atoms with Crippen molar-refractivity contribution in [2.75, 3.05) is 0 Å². The van der Waals surface area contributed by atoms with Crippen LogP contribution in [0.2, 0.25) is 5.02 Å². The Bertz CT molecular complexity index is 240. The Labute approximate surface area is 82.9 Å². The lowest BCUT2D eigenvalue weighted by molar-refractivity contribution is 0.833. The van der Waals surface area contributed by atoms with Crippen LogP contribution in [-0.4, -0.2) is 4.37 Å². The SMILES string of the molecule is CC(C)c1nsc(C(C)C)c1Cl. The molecule has 0 amide bonds. The van der Waals surface area contributed by atoms with Gasteiger partial charge in [-0.1, -0.05) is 39.3 Å². The third kappa shape index (κ3) is 1.80. The molecule has 0 bridgehead atoms. The van der Waals surface area contributed by atoms with Crippen molar-refractivity contribution in [1.82, 2.24) is 4.37 Å². The van der Waals surface area contributed by atoms with Crippen molar-refractivity contribution >= 4 is 23.1 Å². The Morgan fingerprint density at radius 3 is 2.00 bits per heavy atom. The largest absolute Gasteiger partial charge is 0.196 e. The van der Waals surface area contributed by atoms with E-state index in [1.807, 2.05) is 0 Å². The van der Waals surface area contributed by atoms with Crippen molar-refractivity contribution in [3.05, 3.63) is 15.6 Å². The molecule has 0 aromatic carbocycles. The fourth-order valence-electron chi connectivity index (χ4n) is 1.02. The van der Waals surface area contributed by atoms with Gasteiger partial charge in [0.15, 0.2) is 0 Å². The van der Waals surface area contributed by atoms with Gasteiger partial charge < -0.3 is 0 Å². The summed E-state index contributed by atoms with van der Waals surface area (Å²) in [6, 6.07) is 0. The molecule has 0 spiro atoms. The highest BCUT2D eigenvalue weighted by atomic mass is 35.5. The number of nitrogens with zero attached hydrogens (tertiary/aromatic N) is 1. The highest BCUT2D eigenvalue weighted by Gasteiger charge is 2.15. The second-order valence-corrected chi connectivity index (χ2v) is 4.74. The molecule has 1 nitrogen and oxygen atoms in total. The molecule has 0 unspecified atom stereocenters. The predicted molar refractivity (Wildman–Crippen MR) is 55.3 cm³/mol. The van der Waals surface area contributed by atoms with E-state index in [1.165, 1.54) is 16.4 Å². The van der Waals surface area contributed by atoms with E-state index in [9.17, 15) is 0 Å². The maximum atomic E-state index is 6.16. The standard InChI is InChI=1S/C9H14ClNS/c1-5(2)8-7(10)9(6(3)4)12-11-8/h5-6H,1-4H3. The van der Waals surface area contributed by atoms with Crippen LogP contribution in [0.1, 0.15) is 50.1 Å². The van der Waals surface area contributed by atoms with Gasteiger partial charge in [0.05, 0.1) is 10.7 Å². The maximum absolute atomic E-state index is 6.16. The van der Waals surface area contributed by atoms with Crippen molar-refractivity contribution in [2.45, 2.75) is 39.5 Å². The molecule has 0 aliphatic heterocycles. The van der Waals surface area contributed by atoms with E-state index >= 15 is 0 Å². The number of halogens is 1. The smallest absolute Gasteiger partial charge is 0.0783 e. The molecule has 1 heterocycles. The molecular formula is C9H14ClNS. The van der Waals surface area contributed by atoms with Crippen molar-refractivity contribution in [2.24, 2.45) is 0 Å². The summed E-state index contributed by atoms with van der Waals surface area (Å²) in [4.78, 5) is 1.21. The highest BCUT2D eigenvalue weighted by molar-refractivity contribution is 7.06. The molecule has 68 valence electrons. The van der Waals surface area contributed by atoms with Crippen molar-refractivity contribution < 1.29 is 0 Å². The Hall–Kier alpha value is -0.0800. The summed E-state index contributed by atoms with van der Waals surface area (Å²) in [5.74, 6) is 0.920. The van der Waals surface area contributed by atoms with E-state index in [4.69, 9.17) is 11.6 Å². The molecule has 0 saturated carbocycles. The Kier molecular flexibility index (Phi) is 3.13. The lowest BCUT2D eigenvalue weighted by atomic mass is 10.1. The van der Waals surface area contributed by atoms with E-state index in [1.54, 1.807) is 0 Å². The summed E-state index contributed by atoms with van der Waals surface area (Å²) in [5.41, 5.74) is 1.05. The van der Waals surface area contributed by atoms with Crippen molar-refractivity contribution in [1.29, 1.82) is 0 Å². The first kappa shape index (κ1) is 10.0. The topological polar surface area (TPSA) is 12.9 Å². The summed E-state index contributed by atoms with van der Waals surface area (Å²) in [7, 11) is 0. The van der Waals surface area contributed by atoms with Crippen LogP contribution in [-0.2, 0) is 0 Å². The molecule has 0 N–H and O–H groups in total. The van der Waals surface area contributed by atoms with Crippen LogP contribution in [0.3, 0.4) is 0 Å². The van der Waals surface area contributed by atoms with E-state index < -0.39 is 0 Å². The van der Waals surface area contributed by atoms with Crippen LogP contribution >= 0.6 is 23.1 Å². The van der Waals surface area contributed by atoms with E-state index in [0.29, 0.717) is 11.8 Å². The van der Waals surface area contributed by atoms with Crippen LogP contribution in [0, 0.1) is 0 Å². The molecule has 1 aromatic heterocycles. The van der Waals surface area contributed by atoms with Gasteiger partial charge in [0.1, 0.15) is 0 Å². The zero-order chi connectivity index (χ0) is 9.30. The molecule has 12 heavy (non-hydrogen) atoms. The lowest BCUT2D eigenvalue weighted by Gasteiger charge is -2.02. The van der Waals surface area contributed by atoms with Gasteiger partial charge >= 0.3 is 0 Å². The fraction of sp³-hybridized carbons (Fsp3) is 0.667. The summed E-state index contributed by atoms with van der Waals surface area (Å²) >= 11 is 7.69. The van der Waals surface area contributed by atoms with E-state index in [-0.39, 0.29) is 0 Å². The monoisotopic (exact) mass is 203 g/mol.